The second-order valence-electron chi connectivity index (χ2n) is 6.40. The van der Waals surface area contributed by atoms with E-state index in [1.54, 1.807) is 4.90 Å². The monoisotopic (exact) mass is 327 g/mol. The highest BCUT2D eigenvalue weighted by Crippen LogP contribution is 2.34. The van der Waals surface area contributed by atoms with Crippen molar-refractivity contribution >= 4 is 17.3 Å². The van der Waals surface area contributed by atoms with Crippen molar-refractivity contribution in [3.05, 3.63) is 35.9 Å². The van der Waals surface area contributed by atoms with Crippen LogP contribution in [0.5, 0.6) is 0 Å². The van der Waals surface area contributed by atoms with Gasteiger partial charge in [-0.15, -0.1) is 10.2 Å². The van der Waals surface area contributed by atoms with Crippen molar-refractivity contribution in [1.29, 1.82) is 0 Å². The molecule has 1 aromatic heterocycles. The van der Waals surface area contributed by atoms with Crippen molar-refractivity contribution in [2.75, 3.05) is 30.0 Å². The molecule has 7 heteroatoms. The third-order valence-electron chi connectivity index (χ3n) is 4.76. The van der Waals surface area contributed by atoms with E-state index in [0.717, 1.165) is 29.6 Å². The van der Waals surface area contributed by atoms with E-state index in [4.69, 9.17) is 4.74 Å². The van der Waals surface area contributed by atoms with E-state index in [0.29, 0.717) is 26.3 Å². The van der Waals surface area contributed by atoms with Crippen molar-refractivity contribution in [3.63, 3.8) is 0 Å². The molecule has 24 heavy (non-hydrogen) atoms. The quantitative estimate of drug-likeness (QED) is 0.835. The van der Waals surface area contributed by atoms with Crippen LogP contribution in [0.15, 0.2) is 24.3 Å². The molecule has 0 saturated heterocycles. The van der Waals surface area contributed by atoms with Crippen LogP contribution in [0.1, 0.15) is 18.6 Å². The summed E-state index contributed by atoms with van der Waals surface area (Å²) < 4.78 is 7.56. The Morgan fingerprint density at radius 1 is 1.25 bits per heavy atom. The molecule has 126 valence electrons. The summed E-state index contributed by atoms with van der Waals surface area (Å²) in [5.74, 6) is 1.86. The first-order valence-corrected chi connectivity index (χ1v) is 8.25. The molecule has 0 fully saturated rings. The van der Waals surface area contributed by atoms with Gasteiger partial charge in [-0.3, -0.25) is 4.79 Å². The fourth-order valence-corrected chi connectivity index (χ4v) is 3.47. The average Bonchev–Trinajstić information content (AvgIpc) is 2.99. The van der Waals surface area contributed by atoms with Gasteiger partial charge < -0.3 is 19.1 Å². The normalized spacial score (nSPS) is 20.6. The van der Waals surface area contributed by atoms with Crippen LogP contribution >= 0.6 is 0 Å². The zero-order chi connectivity index (χ0) is 16.7. The second kappa shape index (κ2) is 5.90. The van der Waals surface area contributed by atoms with Crippen molar-refractivity contribution < 1.29 is 9.53 Å². The third-order valence-corrected chi connectivity index (χ3v) is 4.76. The molecule has 0 spiro atoms. The number of benzene rings is 1. The van der Waals surface area contributed by atoms with Gasteiger partial charge in [0.05, 0.1) is 30.4 Å². The van der Waals surface area contributed by atoms with Crippen molar-refractivity contribution in [2.24, 2.45) is 5.92 Å². The summed E-state index contributed by atoms with van der Waals surface area (Å²) in [6.07, 6.45) is 0. The molecule has 0 bridgehead atoms. The van der Waals surface area contributed by atoms with Gasteiger partial charge in [0.15, 0.2) is 11.6 Å². The van der Waals surface area contributed by atoms with E-state index in [9.17, 15) is 4.79 Å². The lowest BCUT2D eigenvalue weighted by Crippen LogP contribution is -2.34. The van der Waals surface area contributed by atoms with Crippen molar-refractivity contribution in [2.45, 2.75) is 26.6 Å². The van der Waals surface area contributed by atoms with Crippen LogP contribution in [-0.4, -0.2) is 40.9 Å². The number of aromatic nitrogens is 3. The molecule has 2 aliphatic rings. The number of amides is 1. The first-order chi connectivity index (χ1) is 11.6. The highest BCUT2D eigenvalue weighted by atomic mass is 16.5. The van der Waals surface area contributed by atoms with Gasteiger partial charge in [0, 0.05) is 20.1 Å². The molecule has 0 N–H and O–H groups in total. The van der Waals surface area contributed by atoms with E-state index in [1.165, 1.54) is 0 Å². The Morgan fingerprint density at radius 2 is 2.04 bits per heavy atom. The first kappa shape index (κ1) is 15.1. The number of nitrogens with zero attached hydrogens (tertiary/aromatic N) is 5. The molecule has 1 amide bonds. The molecule has 0 aliphatic carbocycles. The molecule has 4 rings (SSSR count). The minimum absolute atomic E-state index is 0.0746. The number of fused-ring (bicyclic) bond motifs is 2. The molecule has 3 heterocycles. The van der Waals surface area contributed by atoms with Crippen molar-refractivity contribution in [3.8, 4) is 0 Å². The van der Waals surface area contributed by atoms with Gasteiger partial charge in [0.2, 0.25) is 5.91 Å². The van der Waals surface area contributed by atoms with Gasteiger partial charge >= 0.3 is 0 Å². The lowest BCUT2D eigenvalue weighted by Gasteiger charge is -2.26. The number of rotatable bonds is 2. The van der Waals surface area contributed by atoms with Gasteiger partial charge in [0.25, 0.3) is 0 Å². The van der Waals surface area contributed by atoms with Crippen LogP contribution in [-0.2, 0) is 29.2 Å². The van der Waals surface area contributed by atoms with Crippen molar-refractivity contribution in [1.82, 2.24) is 14.8 Å². The smallest absolute Gasteiger partial charge is 0.231 e. The summed E-state index contributed by atoms with van der Waals surface area (Å²) in [7, 11) is 1.84. The van der Waals surface area contributed by atoms with Gasteiger partial charge in [-0.05, 0) is 12.1 Å². The number of hydrogen-bond donors (Lipinski definition) is 0. The molecule has 2 aromatic rings. The largest absolute Gasteiger partial charge is 0.372 e. The first-order valence-electron chi connectivity index (χ1n) is 8.25. The number of carbonyl (C=O) groups excluding carboxylic acids is 1. The van der Waals surface area contributed by atoms with E-state index < -0.39 is 0 Å². The average molecular weight is 327 g/mol. The minimum atomic E-state index is -0.0746. The standard InChI is InChI=1S/C17H21N5O2/c1-12-9-21(10-15-18-19-16-11-24-8-7-22(15)16)14-6-4-3-5-13(14)20(2)17(12)23/h3-6,12H,7-11H2,1-2H3. The lowest BCUT2D eigenvalue weighted by molar-refractivity contribution is -0.121. The molecular weight excluding hydrogens is 306 g/mol. The maximum absolute atomic E-state index is 12.5. The second-order valence-corrected chi connectivity index (χ2v) is 6.40. The zero-order valence-corrected chi connectivity index (χ0v) is 14.0. The highest BCUT2D eigenvalue weighted by Gasteiger charge is 2.30. The summed E-state index contributed by atoms with van der Waals surface area (Å²) in [4.78, 5) is 16.5. The molecule has 7 nitrogen and oxygen atoms in total. The molecule has 2 aliphatic heterocycles. The Bertz CT molecular complexity index is 772. The maximum Gasteiger partial charge on any atom is 0.231 e. The summed E-state index contributed by atoms with van der Waals surface area (Å²) in [5.41, 5.74) is 2.00. The molecule has 1 atom stereocenters. The third kappa shape index (κ3) is 2.45. The van der Waals surface area contributed by atoms with E-state index in [-0.39, 0.29) is 11.8 Å². The van der Waals surface area contributed by atoms with E-state index >= 15 is 0 Å². The number of para-hydroxylation sites is 2. The Balaban J connectivity index is 1.70. The molecule has 0 saturated carbocycles. The van der Waals surface area contributed by atoms with Crippen LogP contribution in [0.2, 0.25) is 0 Å². The Hall–Kier alpha value is -2.41. The van der Waals surface area contributed by atoms with Crippen LogP contribution in [0.3, 0.4) is 0 Å². The maximum atomic E-state index is 12.5. The summed E-state index contributed by atoms with van der Waals surface area (Å²) >= 11 is 0. The molecular formula is C17H21N5O2. The number of anilines is 2. The highest BCUT2D eigenvalue weighted by molar-refractivity contribution is 5.99. The molecule has 1 unspecified atom stereocenters. The fraction of sp³-hybridized carbons (Fsp3) is 0.471. The molecule has 0 radical (unpaired) electrons. The van der Waals surface area contributed by atoms with Crippen LogP contribution < -0.4 is 9.80 Å². The van der Waals surface area contributed by atoms with Gasteiger partial charge in [-0.25, -0.2) is 0 Å². The Labute approximate surface area is 140 Å². The van der Waals surface area contributed by atoms with E-state index in [2.05, 4.69) is 25.7 Å². The zero-order valence-electron chi connectivity index (χ0n) is 14.0. The van der Waals surface area contributed by atoms with Gasteiger partial charge in [-0.1, -0.05) is 19.1 Å². The van der Waals surface area contributed by atoms with E-state index in [1.807, 2.05) is 32.2 Å². The summed E-state index contributed by atoms with van der Waals surface area (Å²) in [5, 5.41) is 8.59. The van der Waals surface area contributed by atoms with Gasteiger partial charge in [0.1, 0.15) is 6.61 Å². The number of ether oxygens (including phenoxy) is 1. The fourth-order valence-electron chi connectivity index (χ4n) is 3.47. The number of carbonyl (C=O) groups is 1. The van der Waals surface area contributed by atoms with Crippen LogP contribution in [0.25, 0.3) is 0 Å². The minimum Gasteiger partial charge on any atom is -0.372 e. The Morgan fingerprint density at radius 3 is 2.88 bits per heavy atom. The topological polar surface area (TPSA) is 63.5 Å². The van der Waals surface area contributed by atoms with Crippen LogP contribution in [0.4, 0.5) is 11.4 Å². The molecule has 1 aromatic carbocycles. The predicted molar refractivity (Wildman–Crippen MR) is 89.7 cm³/mol. The number of hydrogen-bond acceptors (Lipinski definition) is 5. The lowest BCUT2D eigenvalue weighted by atomic mass is 10.1. The Kier molecular flexibility index (Phi) is 3.72. The summed E-state index contributed by atoms with van der Waals surface area (Å²) in [6.45, 7) is 5.26. The predicted octanol–water partition coefficient (Wildman–Crippen LogP) is 1.43. The van der Waals surface area contributed by atoms with Gasteiger partial charge in [-0.2, -0.15) is 0 Å². The summed E-state index contributed by atoms with van der Waals surface area (Å²) in [6, 6.07) is 8.03. The van der Waals surface area contributed by atoms with Crippen LogP contribution in [0, 0.1) is 5.92 Å². The SMILES string of the molecule is CC1CN(Cc2nnc3n2CCOC3)c2ccccc2N(C)C1=O.